The van der Waals surface area contributed by atoms with E-state index in [1.54, 1.807) is 13.0 Å². The molecule has 0 radical (unpaired) electrons. The molecule has 3 heterocycles. The van der Waals surface area contributed by atoms with Crippen LogP contribution in [0.5, 0.6) is 0 Å². The normalized spacial score (nSPS) is 14.3. The molecule has 0 fully saturated rings. The Morgan fingerprint density at radius 3 is 2.69 bits per heavy atom. The fraction of sp³-hybridized carbons (Fsp3) is 0.296. The van der Waals surface area contributed by atoms with Gasteiger partial charge >= 0.3 is 11.9 Å². The van der Waals surface area contributed by atoms with E-state index in [1.165, 1.54) is 41.2 Å². The summed E-state index contributed by atoms with van der Waals surface area (Å²) in [4.78, 5) is 42.1. The number of thiophene rings is 2. The number of esters is 2. The van der Waals surface area contributed by atoms with Gasteiger partial charge in [-0.2, -0.15) is 0 Å². The van der Waals surface area contributed by atoms with Gasteiger partial charge in [0.2, 0.25) is 0 Å². The van der Waals surface area contributed by atoms with E-state index in [0.29, 0.717) is 23.5 Å². The molecule has 0 saturated heterocycles. The van der Waals surface area contributed by atoms with Crippen molar-refractivity contribution in [3.05, 3.63) is 80.4 Å². The summed E-state index contributed by atoms with van der Waals surface area (Å²) in [6.07, 6.45) is 2.59. The third-order valence-electron chi connectivity index (χ3n) is 5.69. The first-order chi connectivity index (χ1) is 17.4. The molecule has 0 bridgehead atoms. The number of hydrogen-bond acceptors (Lipinski definition) is 8. The second-order valence-corrected chi connectivity index (χ2v) is 10.4. The summed E-state index contributed by atoms with van der Waals surface area (Å²) in [6, 6.07) is 14.0. The number of nitrogens with one attached hydrogen (secondary N) is 1. The topological polar surface area (TPSA) is 84.9 Å². The van der Waals surface area contributed by atoms with Crippen LogP contribution in [0.2, 0.25) is 0 Å². The number of benzene rings is 1. The quantitative estimate of drug-likeness (QED) is 0.309. The Balaban J connectivity index is 1.46. The second-order valence-electron chi connectivity index (χ2n) is 8.29. The molecule has 1 aliphatic rings. The number of nitrogens with zero attached hydrogens (tertiary/aromatic N) is 1. The monoisotopic (exact) mass is 524 g/mol. The minimum atomic E-state index is -1.03. The van der Waals surface area contributed by atoms with Gasteiger partial charge in [0.25, 0.3) is 5.91 Å². The number of carbonyl (C=O) groups is 3. The van der Waals surface area contributed by atoms with Crippen molar-refractivity contribution < 1.29 is 23.9 Å². The van der Waals surface area contributed by atoms with E-state index in [2.05, 4.69) is 22.3 Å². The van der Waals surface area contributed by atoms with Gasteiger partial charge in [-0.05, 0) is 48.9 Å². The summed E-state index contributed by atoms with van der Waals surface area (Å²) in [6.45, 7) is 5.77. The first kappa shape index (κ1) is 25.8. The van der Waals surface area contributed by atoms with E-state index in [9.17, 15) is 14.4 Å². The Morgan fingerprint density at radius 1 is 1.17 bits per heavy atom. The molecule has 1 unspecified atom stereocenters. The molecule has 9 heteroatoms. The third kappa shape index (κ3) is 6.48. The molecule has 188 valence electrons. The SMILES string of the molecule is CCOC(=O)c1c(NC(=O)C(C)OC(=O)C=Cc2cccs2)sc2c1CCN(Cc1ccccc1)C2. The molecule has 4 rings (SSSR count). The van der Waals surface area contributed by atoms with Crippen LogP contribution in [0, 0.1) is 0 Å². The van der Waals surface area contributed by atoms with E-state index >= 15 is 0 Å². The van der Waals surface area contributed by atoms with Gasteiger partial charge in [0.05, 0.1) is 12.2 Å². The predicted octanol–water partition coefficient (Wildman–Crippen LogP) is 5.13. The second kappa shape index (κ2) is 12.1. The summed E-state index contributed by atoms with van der Waals surface area (Å²) >= 11 is 2.87. The summed E-state index contributed by atoms with van der Waals surface area (Å²) in [5.41, 5.74) is 2.54. The number of carbonyl (C=O) groups excluding carboxylic acids is 3. The van der Waals surface area contributed by atoms with Gasteiger partial charge in [-0.15, -0.1) is 22.7 Å². The van der Waals surface area contributed by atoms with Crippen molar-refractivity contribution in [2.45, 2.75) is 39.5 Å². The van der Waals surface area contributed by atoms with Crippen molar-refractivity contribution in [2.24, 2.45) is 0 Å². The third-order valence-corrected chi connectivity index (χ3v) is 7.66. The van der Waals surface area contributed by atoms with Crippen molar-refractivity contribution in [3.63, 3.8) is 0 Å². The number of hydrogen-bond donors (Lipinski definition) is 1. The Kier molecular flexibility index (Phi) is 8.69. The van der Waals surface area contributed by atoms with Crippen LogP contribution >= 0.6 is 22.7 Å². The molecule has 1 N–H and O–H groups in total. The van der Waals surface area contributed by atoms with Crippen LogP contribution in [-0.2, 0) is 38.6 Å². The number of amides is 1. The standard InChI is InChI=1S/C27H28N2O5S2/c1-3-33-27(32)24-21-13-14-29(16-19-8-5-4-6-9-19)17-22(21)36-26(24)28-25(31)18(2)34-23(30)12-11-20-10-7-15-35-20/h4-12,15,18H,3,13-14,16-17H2,1-2H3,(H,28,31). The van der Waals surface area contributed by atoms with Crippen LogP contribution in [0.15, 0.2) is 53.9 Å². The molecule has 1 atom stereocenters. The van der Waals surface area contributed by atoms with Gasteiger partial charge < -0.3 is 14.8 Å². The zero-order valence-electron chi connectivity index (χ0n) is 20.2. The Bertz CT molecular complexity index is 1230. The van der Waals surface area contributed by atoms with Crippen molar-refractivity contribution in [1.29, 1.82) is 0 Å². The van der Waals surface area contributed by atoms with Crippen LogP contribution < -0.4 is 5.32 Å². The number of rotatable bonds is 9. The van der Waals surface area contributed by atoms with Gasteiger partial charge in [-0.25, -0.2) is 9.59 Å². The summed E-state index contributed by atoms with van der Waals surface area (Å²) in [5, 5.41) is 5.15. The van der Waals surface area contributed by atoms with Gasteiger partial charge in [0, 0.05) is 35.5 Å². The number of ether oxygens (including phenoxy) is 2. The van der Waals surface area contributed by atoms with Crippen molar-refractivity contribution in [1.82, 2.24) is 4.90 Å². The lowest BCUT2D eigenvalue weighted by atomic mass is 10.0. The molecular weight excluding hydrogens is 496 g/mol. The largest absolute Gasteiger partial charge is 0.462 e. The highest BCUT2D eigenvalue weighted by atomic mass is 32.1. The Labute approximate surface area is 218 Å². The molecule has 1 aromatic carbocycles. The number of anilines is 1. The van der Waals surface area contributed by atoms with Gasteiger partial charge in [-0.3, -0.25) is 9.69 Å². The van der Waals surface area contributed by atoms with Crippen LogP contribution in [0.1, 0.15) is 45.1 Å². The predicted molar refractivity (Wildman–Crippen MR) is 142 cm³/mol. The smallest absolute Gasteiger partial charge is 0.341 e. The molecule has 1 aliphatic heterocycles. The highest BCUT2D eigenvalue weighted by Gasteiger charge is 2.30. The maximum atomic E-state index is 12.9. The summed E-state index contributed by atoms with van der Waals surface area (Å²) in [5.74, 6) is -1.57. The van der Waals surface area contributed by atoms with Crippen molar-refractivity contribution >= 4 is 51.6 Å². The molecule has 36 heavy (non-hydrogen) atoms. The van der Waals surface area contributed by atoms with Gasteiger partial charge in [-0.1, -0.05) is 36.4 Å². The van der Waals surface area contributed by atoms with E-state index in [4.69, 9.17) is 9.47 Å². The zero-order chi connectivity index (χ0) is 25.5. The Hall–Kier alpha value is -3.27. The summed E-state index contributed by atoms with van der Waals surface area (Å²) < 4.78 is 10.6. The molecule has 2 aromatic heterocycles. The molecule has 0 spiro atoms. The molecule has 1 amide bonds. The van der Waals surface area contributed by atoms with Crippen molar-refractivity contribution in [3.8, 4) is 0 Å². The highest BCUT2D eigenvalue weighted by molar-refractivity contribution is 7.17. The van der Waals surface area contributed by atoms with Crippen LogP contribution in [0.25, 0.3) is 6.08 Å². The van der Waals surface area contributed by atoms with E-state index in [0.717, 1.165) is 28.4 Å². The lowest BCUT2D eigenvalue weighted by Crippen LogP contribution is -2.30. The van der Waals surface area contributed by atoms with Gasteiger partial charge in [0.15, 0.2) is 6.10 Å². The van der Waals surface area contributed by atoms with E-state index in [-0.39, 0.29) is 6.61 Å². The first-order valence-corrected chi connectivity index (χ1v) is 13.4. The molecular formula is C27H28N2O5S2. The van der Waals surface area contributed by atoms with Gasteiger partial charge in [0.1, 0.15) is 5.00 Å². The molecule has 7 nitrogen and oxygen atoms in total. The Morgan fingerprint density at radius 2 is 1.97 bits per heavy atom. The minimum Gasteiger partial charge on any atom is -0.462 e. The molecule has 0 saturated carbocycles. The maximum absolute atomic E-state index is 12.9. The lowest BCUT2D eigenvalue weighted by Gasteiger charge is -2.27. The number of fused-ring (bicyclic) bond motifs is 1. The molecule has 3 aromatic rings. The van der Waals surface area contributed by atoms with E-state index < -0.39 is 23.9 Å². The minimum absolute atomic E-state index is 0.238. The average Bonchev–Trinajstić information content (AvgIpc) is 3.51. The average molecular weight is 525 g/mol. The zero-order valence-corrected chi connectivity index (χ0v) is 21.8. The molecule has 0 aliphatic carbocycles. The van der Waals surface area contributed by atoms with Crippen molar-refractivity contribution in [2.75, 3.05) is 18.5 Å². The van der Waals surface area contributed by atoms with Crippen LogP contribution in [0.4, 0.5) is 5.00 Å². The van der Waals surface area contributed by atoms with E-state index in [1.807, 2.05) is 35.7 Å². The fourth-order valence-electron chi connectivity index (χ4n) is 3.96. The first-order valence-electron chi connectivity index (χ1n) is 11.8. The summed E-state index contributed by atoms with van der Waals surface area (Å²) in [7, 11) is 0. The fourth-order valence-corrected chi connectivity index (χ4v) is 5.86. The van der Waals surface area contributed by atoms with Crippen LogP contribution in [-0.4, -0.2) is 42.0 Å². The van der Waals surface area contributed by atoms with Crippen LogP contribution in [0.3, 0.4) is 0 Å². The maximum Gasteiger partial charge on any atom is 0.341 e. The highest BCUT2D eigenvalue weighted by Crippen LogP contribution is 2.38. The lowest BCUT2D eigenvalue weighted by molar-refractivity contribution is -0.148.